The molecule has 1 amide bonds. The van der Waals surface area contributed by atoms with Gasteiger partial charge in [0.1, 0.15) is 0 Å². The van der Waals surface area contributed by atoms with Crippen molar-refractivity contribution < 1.29 is 4.79 Å². The van der Waals surface area contributed by atoms with E-state index in [1.165, 1.54) is 17.5 Å². The molecule has 0 spiro atoms. The van der Waals surface area contributed by atoms with Gasteiger partial charge in [0.2, 0.25) is 5.91 Å². The molecule has 134 valence electrons. The van der Waals surface area contributed by atoms with Gasteiger partial charge < -0.3 is 11.1 Å². The van der Waals surface area contributed by atoms with Crippen LogP contribution in [0.2, 0.25) is 0 Å². The number of hydrogen-bond acceptors (Lipinski definition) is 3. The van der Waals surface area contributed by atoms with Crippen LogP contribution >= 0.6 is 0 Å². The molecule has 1 aromatic rings. The first kappa shape index (κ1) is 18.9. The molecular formula is C20H33N3O. The van der Waals surface area contributed by atoms with E-state index in [1.807, 2.05) is 19.9 Å². The van der Waals surface area contributed by atoms with Crippen LogP contribution < -0.4 is 11.1 Å². The Balaban J connectivity index is 1.98. The fraction of sp³-hybridized carbons (Fsp3) is 0.650. The van der Waals surface area contributed by atoms with Crippen LogP contribution in [0.15, 0.2) is 24.3 Å². The minimum atomic E-state index is -0.166. The van der Waals surface area contributed by atoms with E-state index in [4.69, 9.17) is 5.73 Å². The Morgan fingerprint density at radius 3 is 2.38 bits per heavy atom. The van der Waals surface area contributed by atoms with E-state index in [0.29, 0.717) is 6.54 Å². The summed E-state index contributed by atoms with van der Waals surface area (Å²) in [5, 5.41) is 3.04. The van der Waals surface area contributed by atoms with E-state index < -0.39 is 0 Å². The highest BCUT2D eigenvalue weighted by Crippen LogP contribution is 2.23. The quantitative estimate of drug-likeness (QED) is 0.843. The van der Waals surface area contributed by atoms with E-state index >= 15 is 0 Å². The molecule has 1 aliphatic rings. The fourth-order valence-corrected chi connectivity index (χ4v) is 3.63. The molecule has 0 saturated carbocycles. The van der Waals surface area contributed by atoms with E-state index in [0.717, 1.165) is 31.5 Å². The van der Waals surface area contributed by atoms with Crippen molar-refractivity contribution in [3.8, 4) is 0 Å². The molecule has 1 aliphatic heterocycles. The number of likely N-dealkylation sites (tertiary alicyclic amines) is 1. The van der Waals surface area contributed by atoms with Crippen molar-refractivity contribution in [3.63, 3.8) is 0 Å². The lowest BCUT2D eigenvalue weighted by molar-refractivity contribution is -0.125. The van der Waals surface area contributed by atoms with E-state index in [-0.39, 0.29) is 17.9 Å². The maximum atomic E-state index is 12.1. The SMILES string of the molecule is CC1CC(C)CN(Cc2ccccc2CNC(=O)C(C)C(C)N)C1. The Hall–Kier alpha value is -1.39. The summed E-state index contributed by atoms with van der Waals surface area (Å²) in [7, 11) is 0. The molecule has 4 atom stereocenters. The number of benzene rings is 1. The maximum Gasteiger partial charge on any atom is 0.224 e. The first-order valence-corrected chi connectivity index (χ1v) is 9.19. The van der Waals surface area contributed by atoms with Gasteiger partial charge >= 0.3 is 0 Å². The number of hydrogen-bond donors (Lipinski definition) is 2. The largest absolute Gasteiger partial charge is 0.352 e. The second-order valence-electron chi connectivity index (χ2n) is 7.77. The first-order chi connectivity index (χ1) is 11.4. The molecule has 1 aromatic carbocycles. The zero-order valence-electron chi connectivity index (χ0n) is 15.6. The average Bonchev–Trinajstić information content (AvgIpc) is 2.52. The van der Waals surface area contributed by atoms with Crippen molar-refractivity contribution in [3.05, 3.63) is 35.4 Å². The van der Waals surface area contributed by atoms with E-state index in [2.05, 4.69) is 42.3 Å². The molecule has 2 rings (SSSR count). The Morgan fingerprint density at radius 2 is 1.79 bits per heavy atom. The van der Waals surface area contributed by atoms with Crippen molar-refractivity contribution in [1.82, 2.24) is 10.2 Å². The number of nitrogens with zero attached hydrogens (tertiary/aromatic N) is 1. The lowest BCUT2D eigenvalue weighted by Crippen LogP contribution is -2.39. The van der Waals surface area contributed by atoms with Crippen molar-refractivity contribution in [2.75, 3.05) is 13.1 Å². The number of carbonyl (C=O) groups is 1. The average molecular weight is 332 g/mol. The number of carbonyl (C=O) groups excluding carboxylic acids is 1. The molecule has 4 heteroatoms. The van der Waals surface area contributed by atoms with Gasteiger partial charge in [-0.3, -0.25) is 9.69 Å². The van der Waals surface area contributed by atoms with Crippen LogP contribution in [0.3, 0.4) is 0 Å². The molecule has 1 fully saturated rings. The molecule has 24 heavy (non-hydrogen) atoms. The summed E-state index contributed by atoms with van der Waals surface area (Å²) >= 11 is 0. The highest BCUT2D eigenvalue weighted by Gasteiger charge is 2.22. The third-order valence-electron chi connectivity index (χ3n) is 5.11. The number of amides is 1. The molecule has 4 nitrogen and oxygen atoms in total. The first-order valence-electron chi connectivity index (χ1n) is 9.19. The van der Waals surface area contributed by atoms with E-state index in [1.54, 1.807) is 0 Å². The summed E-state index contributed by atoms with van der Waals surface area (Å²) in [6.07, 6.45) is 1.32. The molecule has 0 aromatic heterocycles. The zero-order chi connectivity index (χ0) is 17.7. The van der Waals surface area contributed by atoms with Crippen LogP contribution in [-0.2, 0) is 17.9 Å². The van der Waals surface area contributed by atoms with Gasteiger partial charge in [-0.2, -0.15) is 0 Å². The normalized spacial score (nSPS) is 24.4. The summed E-state index contributed by atoms with van der Waals surface area (Å²) < 4.78 is 0. The highest BCUT2D eigenvalue weighted by molar-refractivity contribution is 5.78. The molecule has 0 aliphatic carbocycles. The van der Waals surface area contributed by atoms with Crippen molar-refractivity contribution in [2.24, 2.45) is 23.5 Å². The summed E-state index contributed by atoms with van der Waals surface area (Å²) in [4.78, 5) is 14.7. The molecule has 1 saturated heterocycles. The monoisotopic (exact) mass is 331 g/mol. The van der Waals surface area contributed by atoms with Gasteiger partial charge in [0.15, 0.2) is 0 Å². The van der Waals surface area contributed by atoms with Crippen LogP contribution in [0.4, 0.5) is 0 Å². The summed E-state index contributed by atoms with van der Waals surface area (Å²) in [6.45, 7) is 12.3. The molecule has 0 radical (unpaired) electrons. The Labute approximate surface area is 146 Å². The fourth-order valence-electron chi connectivity index (χ4n) is 3.63. The van der Waals surface area contributed by atoms with Crippen molar-refractivity contribution in [2.45, 2.75) is 53.2 Å². The second kappa shape index (κ2) is 8.63. The van der Waals surface area contributed by atoms with Gasteiger partial charge in [0.05, 0.1) is 0 Å². The molecule has 3 N–H and O–H groups in total. The number of rotatable bonds is 6. The van der Waals surface area contributed by atoms with Gasteiger partial charge in [-0.05, 0) is 36.3 Å². The van der Waals surface area contributed by atoms with Crippen molar-refractivity contribution in [1.29, 1.82) is 0 Å². The number of piperidine rings is 1. The van der Waals surface area contributed by atoms with Gasteiger partial charge in [0, 0.05) is 38.1 Å². The third kappa shape index (κ3) is 5.32. The minimum absolute atomic E-state index is 0.0278. The predicted octanol–water partition coefficient (Wildman–Crippen LogP) is 2.76. The highest BCUT2D eigenvalue weighted by atomic mass is 16.1. The summed E-state index contributed by atoms with van der Waals surface area (Å²) in [6, 6.07) is 8.30. The Morgan fingerprint density at radius 1 is 1.21 bits per heavy atom. The van der Waals surface area contributed by atoms with Crippen molar-refractivity contribution >= 4 is 5.91 Å². The number of nitrogens with one attached hydrogen (secondary N) is 1. The Kier molecular flexibility index (Phi) is 6.81. The van der Waals surface area contributed by atoms with Gasteiger partial charge in [-0.15, -0.1) is 0 Å². The second-order valence-corrected chi connectivity index (χ2v) is 7.77. The van der Waals surface area contributed by atoms with Crippen LogP contribution in [0, 0.1) is 17.8 Å². The van der Waals surface area contributed by atoms with Gasteiger partial charge in [0.25, 0.3) is 0 Å². The van der Waals surface area contributed by atoms with E-state index in [9.17, 15) is 4.79 Å². The molecule has 0 bridgehead atoms. The smallest absolute Gasteiger partial charge is 0.224 e. The van der Waals surface area contributed by atoms with Gasteiger partial charge in [-0.25, -0.2) is 0 Å². The lowest BCUT2D eigenvalue weighted by Gasteiger charge is -2.35. The topological polar surface area (TPSA) is 58.4 Å². The molecular weight excluding hydrogens is 298 g/mol. The third-order valence-corrected chi connectivity index (χ3v) is 5.11. The zero-order valence-corrected chi connectivity index (χ0v) is 15.6. The van der Waals surface area contributed by atoms with Crippen LogP contribution in [0.25, 0.3) is 0 Å². The Bertz CT molecular complexity index is 533. The molecule has 4 unspecified atom stereocenters. The predicted molar refractivity (Wildman–Crippen MR) is 99.3 cm³/mol. The van der Waals surface area contributed by atoms with Crippen LogP contribution in [-0.4, -0.2) is 29.9 Å². The maximum absolute atomic E-state index is 12.1. The lowest BCUT2D eigenvalue weighted by atomic mass is 9.91. The minimum Gasteiger partial charge on any atom is -0.352 e. The van der Waals surface area contributed by atoms with Crippen LogP contribution in [0.1, 0.15) is 45.2 Å². The summed E-state index contributed by atoms with van der Waals surface area (Å²) in [5.74, 6) is 1.38. The van der Waals surface area contributed by atoms with Crippen LogP contribution in [0.5, 0.6) is 0 Å². The molecule has 1 heterocycles. The summed E-state index contributed by atoms with van der Waals surface area (Å²) in [5.41, 5.74) is 8.33. The van der Waals surface area contributed by atoms with Gasteiger partial charge in [-0.1, -0.05) is 45.0 Å². The standard InChI is InChI=1S/C20H33N3O/c1-14-9-15(2)12-23(11-14)13-19-8-6-5-7-18(19)10-22-20(24)16(3)17(4)21/h5-8,14-17H,9-13,21H2,1-4H3,(H,22,24). The number of nitrogens with two attached hydrogens (primary N) is 1.